The lowest BCUT2D eigenvalue weighted by Gasteiger charge is -2.17. The van der Waals surface area contributed by atoms with Gasteiger partial charge >= 0.3 is 0 Å². The number of ether oxygens (including phenoxy) is 1. The molecular weight excluding hydrogens is 226 g/mol. The van der Waals surface area contributed by atoms with Gasteiger partial charge in [0.15, 0.2) is 0 Å². The van der Waals surface area contributed by atoms with E-state index in [1.165, 1.54) is 0 Å². The molecule has 1 N–H and O–H groups in total. The number of aliphatic hydroxyl groups is 1. The van der Waals surface area contributed by atoms with E-state index in [1.54, 1.807) is 0 Å². The van der Waals surface area contributed by atoms with Crippen molar-refractivity contribution in [1.29, 1.82) is 0 Å². The van der Waals surface area contributed by atoms with Crippen molar-refractivity contribution in [3.8, 4) is 5.75 Å². The van der Waals surface area contributed by atoms with Crippen LogP contribution in [0.15, 0.2) is 30.3 Å². The second-order valence-corrected chi connectivity index (χ2v) is 4.96. The Morgan fingerprint density at radius 3 is 2.83 bits per heavy atom. The third kappa shape index (κ3) is 2.18. The molecule has 1 aromatic heterocycles. The highest BCUT2D eigenvalue weighted by Crippen LogP contribution is 2.26. The average molecular weight is 243 g/mol. The monoisotopic (exact) mass is 243 g/mol. The maximum Gasteiger partial charge on any atom is 0.124 e. The molecule has 1 aromatic carbocycles. The Morgan fingerprint density at radius 1 is 1.22 bits per heavy atom. The topological polar surface area (TPSA) is 42.4 Å². The molecule has 0 unspecified atom stereocenters. The van der Waals surface area contributed by atoms with Gasteiger partial charge in [-0.2, -0.15) is 0 Å². The van der Waals surface area contributed by atoms with Crippen molar-refractivity contribution < 1.29 is 9.84 Å². The van der Waals surface area contributed by atoms with Gasteiger partial charge in [0.05, 0.1) is 11.6 Å². The van der Waals surface area contributed by atoms with Crippen molar-refractivity contribution in [3.63, 3.8) is 0 Å². The number of pyridine rings is 1. The molecule has 1 aliphatic carbocycles. The lowest BCUT2D eigenvalue weighted by molar-refractivity contribution is 0.0605. The minimum absolute atomic E-state index is 0.0627. The summed E-state index contributed by atoms with van der Waals surface area (Å²) in [6.45, 7) is 1.98. The number of aromatic nitrogens is 1. The summed E-state index contributed by atoms with van der Waals surface area (Å²) in [5.41, 5.74) is 1.94. The minimum Gasteiger partial charge on any atom is -0.488 e. The first kappa shape index (κ1) is 11.5. The Morgan fingerprint density at radius 2 is 2.06 bits per heavy atom. The Hall–Kier alpha value is -1.61. The number of hydrogen-bond donors (Lipinski definition) is 1. The quantitative estimate of drug-likeness (QED) is 0.882. The summed E-state index contributed by atoms with van der Waals surface area (Å²) in [6.07, 6.45) is 2.42. The summed E-state index contributed by atoms with van der Waals surface area (Å²) in [5.74, 6) is 0.798. The fraction of sp³-hybridized carbons (Fsp3) is 0.400. The van der Waals surface area contributed by atoms with Crippen LogP contribution in [0.2, 0.25) is 0 Å². The van der Waals surface area contributed by atoms with Crippen LogP contribution in [0, 0.1) is 6.92 Å². The minimum atomic E-state index is -0.328. The Labute approximate surface area is 106 Å². The van der Waals surface area contributed by atoms with E-state index in [0.717, 1.165) is 41.6 Å². The molecule has 1 fully saturated rings. The molecule has 0 spiro atoms. The Bertz CT molecular complexity index is 567. The van der Waals surface area contributed by atoms with Gasteiger partial charge in [0.2, 0.25) is 0 Å². The van der Waals surface area contributed by atoms with Crippen molar-refractivity contribution in [2.24, 2.45) is 0 Å². The standard InChI is InChI=1S/C15H17NO2/c1-10-5-6-11-7-8-12(9-13(11)16-10)18-15-4-2-3-14(15)17/h5-9,14-15,17H,2-4H2,1H3/t14-,15-/m1/s1. The van der Waals surface area contributed by atoms with Gasteiger partial charge in [0, 0.05) is 17.1 Å². The molecule has 0 amide bonds. The van der Waals surface area contributed by atoms with Crippen LogP contribution >= 0.6 is 0 Å². The van der Waals surface area contributed by atoms with Crippen LogP contribution in [-0.4, -0.2) is 22.3 Å². The molecule has 1 heterocycles. The number of fused-ring (bicyclic) bond motifs is 1. The lowest BCUT2D eigenvalue weighted by atomic mass is 10.2. The van der Waals surface area contributed by atoms with Crippen LogP contribution in [0.25, 0.3) is 10.9 Å². The summed E-state index contributed by atoms with van der Waals surface area (Å²) in [5, 5.41) is 10.9. The number of nitrogens with zero attached hydrogens (tertiary/aromatic N) is 1. The van der Waals surface area contributed by atoms with E-state index in [4.69, 9.17) is 4.74 Å². The van der Waals surface area contributed by atoms with Crippen LogP contribution in [-0.2, 0) is 0 Å². The molecule has 3 nitrogen and oxygen atoms in total. The second kappa shape index (κ2) is 4.58. The molecule has 2 atom stereocenters. The average Bonchev–Trinajstić information content (AvgIpc) is 2.74. The molecule has 18 heavy (non-hydrogen) atoms. The molecule has 3 heteroatoms. The van der Waals surface area contributed by atoms with Crippen LogP contribution in [0.1, 0.15) is 25.0 Å². The summed E-state index contributed by atoms with van der Waals surface area (Å²) < 4.78 is 5.85. The summed E-state index contributed by atoms with van der Waals surface area (Å²) in [4.78, 5) is 4.49. The van der Waals surface area contributed by atoms with E-state index in [-0.39, 0.29) is 12.2 Å². The van der Waals surface area contributed by atoms with Gasteiger partial charge in [-0.1, -0.05) is 6.07 Å². The molecule has 0 bridgehead atoms. The van der Waals surface area contributed by atoms with E-state index in [0.29, 0.717) is 0 Å². The van der Waals surface area contributed by atoms with Crippen molar-refractivity contribution >= 4 is 10.9 Å². The first-order valence-corrected chi connectivity index (χ1v) is 6.44. The fourth-order valence-electron chi connectivity index (χ4n) is 2.49. The van der Waals surface area contributed by atoms with Gasteiger partial charge in [0.1, 0.15) is 11.9 Å². The molecule has 1 saturated carbocycles. The number of aliphatic hydroxyl groups excluding tert-OH is 1. The second-order valence-electron chi connectivity index (χ2n) is 4.96. The summed E-state index contributed by atoms with van der Waals surface area (Å²) in [6, 6.07) is 9.98. The van der Waals surface area contributed by atoms with Crippen molar-refractivity contribution in [3.05, 3.63) is 36.0 Å². The van der Waals surface area contributed by atoms with Crippen molar-refractivity contribution in [1.82, 2.24) is 4.98 Å². The highest BCUT2D eigenvalue weighted by molar-refractivity contribution is 5.80. The van der Waals surface area contributed by atoms with Gasteiger partial charge < -0.3 is 9.84 Å². The molecule has 0 aliphatic heterocycles. The van der Waals surface area contributed by atoms with Crippen molar-refractivity contribution in [2.45, 2.75) is 38.4 Å². The van der Waals surface area contributed by atoms with Gasteiger partial charge in [-0.05, 0) is 44.4 Å². The zero-order chi connectivity index (χ0) is 12.5. The van der Waals surface area contributed by atoms with Gasteiger partial charge in [0.25, 0.3) is 0 Å². The first-order valence-electron chi connectivity index (χ1n) is 6.44. The van der Waals surface area contributed by atoms with E-state index >= 15 is 0 Å². The van der Waals surface area contributed by atoms with Gasteiger partial charge in [-0.3, -0.25) is 4.98 Å². The van der Waals surface area contributed by atoms with Crippen molar-refractivity contribution in [2.75, 3.05) is 0 Å². The van der Waals surface area contributed by atoms with Crippen LogP contribution in [0.4, 0.5) is 0 Å². The smallest absolute Gasteiger partial charge is 0.124 e. The predicted molar refractivity (Wildman–Crippen MR) is 70.8 cm³/mol. The zero-order valence-electron chi connectivity index (χ0n) is 10.5. The van der Waals surface area contributed by atoms with Crippen LogP contribution in [0.5, 0.6) is 5.75 Å². The number of aryl methyl sites for hydroxylation is 1. The van der Waals surface area contributed by atoms with Gasteiger partial charge in [-0.25, -0.2) is 0 Å². The highest BCUT2D eigenvalue weighted by atomic mass is 16.5. The molecular formula is C15H17NO2. The third-order valence-electron chi connectivity index (χ3n) is 3.51. The molecule has 0 radical (unpaired) electrons. The number of benzene rings is 1. The Balaban J connectivity index is 1.88. The molecule has 0 saturated heterocycles. The SMILES string of the molecule is Cc1ccc2ccc(O[C@@H]3CCC[C@H]3O)cc2n1. The summed E-state index contributed by atoms with van der Waals surface area (Å²) in [7, 11) is 0. The number of rotatable bonds is 2. The van der Waals surface area contributed by atoms with Crippen LogP contribution in [0.3, 0.4) is 0 Å². The largest absolute Gasteiger partial charge is 0.488 e. The molecule has 1 aliphatic rings. The Kier molecular flexibility index (Phi) is 2.92. The maximum absolute atomic E-state index is 9.77. The fourth-order valence-corrected chi connectivity index (χ4v) is 2.49. The maximum atomic E-state index is 9.77. The van der Waals surface area contributed by atoms with Gasteiger partial charge in [-0.15, -0.1) is 0 Å². The zero-order valence-corrected chi connectivity index (χ0v) is 10.5. The van der Waals surface area contributed by atoms with E-state index in [2.05, 4.69) is 11.1 Å². The predicted octanol–water partition coefficient (Wildman–Crippen LogP) is 2.84. The first-order chi connectivity index (χ1) is 8.72. The molecule has 2 aromatic rings. The van der Waals surface area contributed by atoms with E-state index < -0.39 is 0 Å². The summed E-state index contributed by atoms with van der Waals surface area (Å²) >= 11 is 0. The third-order valence-corrected chi connectivity index (χ3v) is 3.51. The highest BCUT2D eigenvalue weighted by Gasteiger charge is 2.26. The van der Waals surface area contributed by atoms with E-state index in [9.17, 15) is 5.11 Å². The normalized spacial score (nSPS) is 23.4. The van der Waals surface area contributed by atoms with E-state index in [1.807, 2.05) is 31.2 Å². The molecule has 94 valence electrons. The van der Waals surface area contributed by atoms with Crippen LogP contribution < -0.4 is 4.74 Å². The number of hydrogen-bond acceptors (Lipinski definition) is 3. The molecule has 3 rings (SSSR count). The lowest BCUT2D eigenvalue weighted by Crippen LogP contribution is -2.25.